The number of anilines is 3. The second-order valence-electron chi connectivity index (χ2n) is 14.4. The predicted molar refractivity (Wildman–Crippen MR) is 185 cm³/mol. The van der Waals surface area contributed by atoms with Crippen LogP contribution in [-0.2, 0) is 21.3 Å². The van der Waals surface area contributed by atoms with E-state index in [9.17, 15) is 19.7 Å². The minimum Gasteiger partial charge on any atom is -0.494 e. The summed E-state index contributed by atoms with van der Waals surface area (Å²) in [6, 6.07) is 10.9. The molecule has 0 amide bonds. The van der Waals surface area contributed by atoms with E-state index in [1.165, 1.54) is 26.5 Å². The summed E-state index contributed by atoms with van der Waals surface area (Å²) < 4.78 is 18.3. The summed E-state index contributed by atoms with van der Waals surface area (Å²) >= 11 is 0. The molecule has 3 heterocycles. The molecule has 2 fully saturated rings. The van der Waals surface area contributed by atoms with Crippen LogP contribution in [0.15, 0.2) is 48.8 Å². The van der Waals surface area contributed by atoms with E-state index in [4.69, 9.17) is 19.2 Å². The quantitative estimate of drug-likeness (QED) is 0.116. The van der Waals surface area contributed by atoms with Crippen LogP contribution in [0.5, 0.6) is 5.75 Å². The summed E-state index contributed by atoms with van der Waals surface area (Å²) in [5.74, 6) is 0.307. The highest BCUT2D eigenvalue weighted by molar-refractivity contribution is 6.03. The van der Waals surface area contributed by atoms with Crippen LogP contribution in [0.25, 0.3) is 22.2 Å². The molecule has 13 heteroatoms. The monoisotopic (exact) mass is 670 g/mol. The number of esters is 2. The van der Waals surface area contributed by atoms with Crippen LogP contribution in [-0.4, -0.2) is 64.3 Å². The number of hydrogen-bond donors (Lipinski definition) is 1. The van der Waals surface area contributed by atoms with Crippen molar-refractivity contribution >= 4 is 45.9 Å². The van der Waals surface area contributed by atoms with Gasteiger partial charge in [0.1, 0.15) is 22.6 Å². The number of fused-ring (bicyclic) bond motifs is 2. The Morgan fingerprint density at radius 2 is 1.82 bits per heavy atom. The second kappa shape index (κ2) is 12.7. The van der Waals surface area contributed by atoms with E-state index in [1.807, 2.05) is 67.7 Å². The van der Waals surface area contributed by atoms with Crippen molar-refractivity contribution in [1.82, 2.24) is 14.5 Å². The molecule has 2 unspecified atom stereocenters. The van der Waals surface area contributed by atoms with E-state index in [1.54, 1.807) is 6.07 Å². The molecule has 2 aromatic carbocycles. The van der Waals surface area contributed by atoms with Crippen LogP contribution >= 0.6 is 0 Å². The number of carbonyl (C=O) groups excluding carboxylic acids is 2. The molecule has 1 N–H and O–H groups in total. The Bertz CT molecular complexity index is 1930. The number of aryl methyl sites for hydroxylation is 1. The number of para-hydroxylation sites is 1. The molecule has 2 aromatic heterocycles. The zero-order valence-corrected chi connectivity index (χ0v) is 28.9. The van der Waals surface area contributed by atoms with Gasteiger partial charge in [-0.1, -0.05) is 25.1 Å². The number of ether oxygens (including phenoxy) is 3. The summed E-state index contributed by atoms with van der Waals surface area (Å²) in [7, 11) is 4.70. The first-order valence-electron chi connectivity index (χ1n) is 16.3. The van der Waals surface area contributed by atoms with Crippen molar-refractivity contribution in [2.75, 3.05) is 37.5 Å². The normalized spacial score (nSPS) is 20.3. The molecule has 0 spiro atoms. The third kappa shape index (κ3) is 6.74. The number of nitrogens with zero attached hydrogens (tertiary/aromatic N) is 5. The minimum atomic E-state index is -0.590. The molecule has 49 heavy (non-hydrogen) atoms. The second-order valence-corrected chi connectivity index (χ2v) is 14.4. The number of nitro groups is 1. The van der Waals surface area contributed by atoms with Gasteiger partial charge in [0, 0.05) is 61.1 Å². The lowest BCUT2D eigenvalue weighted by molar-refractivity contribution is -0.384. The Labute approximate surface area is 284 Å². The first-order valence-corrected chi connectivity index (χ1v) is 16.3. The Morgan fingerprint density at radius 1 is 1.12 bits per heavy atom. The molecule has 13 nitrogen and oxygen atoms in total. The topological polar surface area (TPSA) is 151 Å². The maximum absolute atomic E-state index is 12.8. The fourth-order valence-corrected chi connectivity index (χ4v) is 7.60. The maximum atomic E-state index is 12.8. The third-order valence-corrected chi connectivity index (χ3v) is 9.50. The number of nitrogens with one attached hydrogen (secondary N) is 1. The fourth-order valence-electron chi connectivity index (χ4n) is 7.60. The summed E-state index contributed by atoms with van der Waals surface area (Å²) in [6.45, 7) is 9.02. The van der Waals surface area contributed by atoms with Crippen molar-refractivity contribution in [3.05, 3.63) is 64.5 Å². The highest BCUT2D eigenvalue weighted by Crippen LogP contribution is 2.53. The van der Waals surface area contributed by atoms with E-state index in [0.717, 1.165) is 23.7 Å². The van der Waals surface area contributed by atoms with E-state index in [-0.39, 0.29) is 28.6 Å². The van der Waals surface area contributed by atoms with Gasteiger partial charge in [-0.15, -0.1) is 0 Å². The van der Waals surface area contributed by atoms with Gasteiger partial charge < -0.3 is 29.0 Å². The summed E-state index contributed by atoms with van der Waals surface area (Å²) in [4.78, 5) is 48.6. The number of nitro benzene ring substituents is 1. The standard InChI is InChI=1S/C36H42N6O7/c1-35(2,3)49-31(43)16-36(4)14-21-18-41(19-22(21)15-36)28-13-30(47-6)26(12-29(28)42(45)46)38-34-37-17-24(33(44)48-7)32(39-34)25-20-40(5)27-11-9-8-10-23(25)27/h8-13,17,20-22H,14-16,18-19H2,1-7H3,(H,37,38,39). The number of methoxy groups -OCH3 is 2. The highest BCUT2D eigenvalue weighted by atomic mass is 16.6. The van der Waals surface area contributed by atoms with E-state index < -0.39 is 16.5 Å². The average Bonchev–Trinajstić information content (AvgIpc) is 3.68. The SMILES string of the molecule is COC(=O)c1cnc(Nc2cc([N+](=O)[O-])c(N3CC4CC(C)(CC(=O)OC(C)(C)C)CC4C3)cc2OC)nc1-c1cn(C)c2ccccc12. The predicted octanol–water partition coefficient (Wildman–Crippen LogP) is 6.67. The molecule has 1 saturated heterocycles. The van der Waals surface area contributed by atoms with Crippen LogP contribution in [0, 0.1) is 27.4 Å². The molecule has 0 radical (unpaired) electrons. The van der Waals surface area contributed by atoms with Crippen molar-refractivity contribution in [3.8, 4) is 17.0 Å². The van der Waals surface area contributed by atoms with E-state index in [2.05, 4.69) is 17.2 Å². The number of aromatic nitrogens is 3. The third-order valence-electron chi connectivity index (χ3n) is 9.50. The molecular formula is C36H42N6O7. The van der Waals surface area contributed by atoms with Gasteiger partial charge in [-0.05, 0) is 56.9 Å². The lowest BCUT2D eigenvalue weighted by Crippen LogP contribution is -2.29. The Hall–Kier alpha value is -5.20. The average molecular weight is 671 g/mol. The highest BCUT2D eigenvalue weighted by Gasteiger charge is 2.48. The van der Waals surface area contributed by atoms with Crippen LogP contribution in [0.3, 0.4) is 0 Å². The maximum Gasteiger partial charge on any atom is 0.341 e. The van der Waals surface area contributed by atoms with Gasteiger partial charge in [-0.2, -0.15) is 0 Å². The van der Waals surface area contributed by atoms with Gasteiger partial charge in [0.2, 0.25) is 5.95 Å². The molecule has 1 aliphatic carbocycles. The van der Waals surface area contributed by atoms with Gasteiger partial charge in [-0.25, -0.2) is 14.8 Å². The van der Waals surface area contributed by atoms with Crippen molar-refractivity contribution in [2.45, 2.75) is 52.6 Å². The minimum absolute atomic E-state index is 0.0831. The summed E-state index contributed by atoms with van der Waals surface area (Å²) in [5.41, 5.74) is 2.18. The summed E-state index contributed by atoms with van der Waals surface area (Å²) in [6.07, 6.45) is 5.31. The first-order chi connectivity index (χ1) is 23.2. The van der Waals surface area contributed by atoms with Crippen LogP contribution in [0.1, 0.15) is 57.3 Å². The largest absolute Gasteiger partial charge is 0.494 e. The van der Waals surface area contributed by atoms with Gasteiger partial charge in [0.05, 0.1) is 36.9 Å². The Morgan fingerprint density at radius 3 is 2.45 bits per heavy atom. The van der Waals surface area contributed by atoms with Gasteiger partial charge in [-0.3, -0.25) is 14.9 Å². The Kier molecular flexibility index (Phi) is 8.72. The lowest BCUT2D eigenvalue weighted by atomic mass is 9.83. The van der Waals surface area contributed by atoms with Crippen LogP contribution in [0.2, 0.25) is 0 Å². The molecule has 258 valence electrons. The van der Waals surface area contributed by atoms with Crippen molar-refractivity contribution < 1.29 is 28.7 Å². The molecule has 0 bridgehead atoms. The Balaban J connectivity index is 1.28. The van der Waals surface area contributed by atoms with E-state index in [0.29, 0.717) is 59.7 Å². The molecule has 6 rings (SSSR count). The molecular weight excluding hydrogens is 628 g/mol. The zero-order valence-electron chi connectivity index (χ0n) is 28.9. The zero-order chi connectivity index (χ0) is 35.2. The number of hydrogen-bond acceptors (Lipinski definition) is 11. The van der Waals surface area contributed by atoms with Crippen molar-refractivity contribution in [2.24, 2.45) is 24.3 Å². The van der Waals surface area contributed by atoms with Crippen LogP contribution in [0.4, 0.5) is 23.0 Å². The number of carbonyl (C=O) groups is 2. The van der Waals surface area contributed by atoms with Gasteiger partial charge >= 0.3 is 11.9 Å². The van der Waals surface area contributed by atoms with Gasteiger partial charge in [0.15, 0.2) is 0 Å². The van der Waals surface area contributed by atoms with Crippen molar-refractivity contribution in [1.29, 1.82) is 0 Å². The molecule has 2 aliphatic rings. The van der Waals surface area contributed by atoms with E-state index >= 15 is 0 Å². The molecule has 4 aromatic rings. The smallest absolute Gasteiger partial charge is 0.341 e. The number of benzene rings is 2. The molecule has 2 atom stereocenters. The molecule has 1 saturated carbocycles. The number of rotatable bonds is 9. The first kappa shape index (κ1) is 33.7. The van der Waals surface area contributed by atoms with Gasteiger partial charge in [0.25, 0.3) is 5.69 Å². The fraction of sp³-hybridized carbons (Fsp3) is 0.444. The summed E-state index contributed by atoms with van der Waals surface area (Å²) in [5, 5.41) is 16.4. The molecule has 1 aliphatic heterocycles. The van der Waals surface area contributed by atoms with Crippen LogP contribution < -0.4 is 15.0 Å². The lowest BCUT2D eigenvalue weighted by Gasteiger charge is -2.29. The van der Waals surface area contributed by atoms with Crippen molar-refractivity contribution in [3.63, 3.8) is 0 Å².